The Morgan fingerprint density at radius 3 is 2.29 bits per heavy atom. The number of rotatable bonds is 4. The molecule has 108 valence electrons. The van der Waals surface area contributed by atoms with E-state index in [1.54, 1.807) is 0 Å². The molecular weight excluding hydrogens is 280 g/mol. The maximum atomic E-state index is 13.2. The predicted molar refractivity (Wildman–Crippen MR) is 72.6 cm³/mol. The van der Waals surface area contributed by atoms with Crippen molar-refractivity contribution in [1.29, 1.82) is 0 Å². The van der Waals surface area contributed by atoms with Crippen LogP contribution in [0.5, 0.6) is 0 Å². The van der Waals surface area contributed by atoms with Gasteiger partial charge in [0.15, 0.2) is 0 Å². The first kappa shape index (κ1) is 14.6. The molecule has 0 unspecified atom stereocenters. The Balaban J connectivity index is 2.27. The summed E-state index contributed by atoms with van der Waals surface area (Å²) in [7, 11) is 0. The standard InChI is InChI=1S/C15H11F2NO3/c16-8-9-1-4-11(5-2-9)18-14(19)13-7-10(17)3-6-12(13)15(20)21/h1-7H,8H2,(H,18,19)(H,20,21). The van der Waals surface area contributed by atoms with Crippen molar-refractivity contribution >= 4 is 17.6 Å². The lowest BCUT2D eigenvalue weighted by atomic mass is 10.1. The fraction of sp³-hybridized carbons (Fsp3) is 0.0667. The summed E-state index contributed by atoms with van der Waals surface area (Å²) in [6, 6.07) is 8.78. The number of anilines is 1. The van der Waals surface area contributed by atoms with Crippen LogP contribution in [0.15, 0.2) is 42.5 Å². The average Bonchev–Trinajstić information content (AvgIpc) is 2.47. The van der Waals surface area contributed by atoms with Gasteiger partial charge >= 0.3 is 5.97 Å². The molecule has 0 aliphatic carbocycles. The molecule has 0 saturated carbocycles. The van der Waals surface area contributed by atoms with Gasteiger partial charge in [0.2, 0.25) is 0 Å². The van der Waals surface area contributed by atoms with E-state index in [1.165, 1.54) is 24.3 Å². The van der Waals surface area contributed by atoms with Crippen LogP contribution in [0.25, 0.3) is 0 Å². The second kappa shape index (κ2) is 6.13. The molecule has 0 saturated heterocycles. The molecule has 4 nitrogen and oxygen atoms in total. The second-order valence-corrected chi connectivity index (χ2v) is 4.28. The first-order chi connectivity index (χ1) is 10.0. The number of benzene rings is 2. The Labute approximate surface area is 119 Å². The van der Waals surface area contributed by atoms with Crippen molar-refractivity contribution in [3.63, 3.8) is 0 Å². The van der Waals surface area contributed by atoms with Gasteiger partial charge in [-0.1, -0.05) is 12.1 Å². The third-order valence-corrected chi connectivity index (χ3v) is 2.82. The zero-order chi connectivity index (χ0) is 15.4. The van der Waals surface area contributed by atoms with Gasteiger partial charge in [0.05, 0.1) is 11.1 Å². The normalized spacial score (nSPS) is 10.2. The maximum Gasteiger partial charge on any atom is 0.336 e. The molecule has 6 heteroatoms. The van der Waals surface area contributed by atoms with E-state index in [4.69, 9.17) is 5.11 Å². The molecule has 1 amide bonds. The molecule has 0 aliphatic rings. The highest BCUT2D eigenvalue weighted by molar-refractivity contribution is 6.10. The Kier molecular flexibility index (Phi) is 4.27. The number of nitrogens with one attached hydrogen (secondary N) is 1. The molecule has 0 atom stereocenters. The average molecular weight is 291 g/mol. The summed E-state index contributed by atoms with van der Waals surface area (Å²) in [6.45, 7) is -0.624. The van der Waals surface area contributed by atoms with Crippen molar-refractivity contribution in [1.82, 2.24) is 0 Å². The van der Waals surface area contributed by atoms with E-state index in [-0.39, 0.29) is 11.1 Å². The zero-order valence-corrected chi connectivity index (χ0v) is 10.8. The van der Waals surface area contributed by atoms with E-state index in [0.717, 1.165) is 18.2 Å². The number of hydrogen-bond donors (Lipinski definition) is 2. The second-order valence-electron chi connectivity index (χ2n) is 4.28. The number of carbonyl (C=O) groups excluding carboxylic acids is 1. The zero-order valence-electron chi connectivity index (χ0n) is 10.8. The van der Waals surface area contributed by atoms with E-state index in [2.05, 4.69) is 5.32 Å². The summed E-state index contributed by atoms with van der Waals surface area (Å²) in [5, 5.41) is 11.4. The SMILES string of the molecule is O=C(O)c1ccc(F)cc1C(=O)Nc1ccc(CF)cc1. The molecule has 2 N–H and O–H groups in total. The summed E-state index contributed by atoms with van der Waals surface area (Å²) < 4.78 is 25.6. The Morgan fingerprint density at radius 2 is 1.71 bits per heavy atom. The monoisotopic (exact) mass is 291 g/mol. The highest BCUT2D eigenvalue weighted by atomic mass is 19.1. The number of alkyl halides is 1. The number of carboxylic acid groups (broad SMARTS) is 1. The number of carbonyl (C=O) groups is 2. The van der Waals surface area contributed by atoms with Gasteiger partial charge in [-0.15, -0.1) is 0 Å². The quantitative estimate of drug-likeness (QED) is 0.908. The van der Waals surface area contributed by atoms with Crippen LogP contribution in [0.3, 0.4) is 0 Å². The van der Waals surface area contributed by atoms with Gasteiger partial charge in [-0.05, 0) is 35.9 Å². The Hall–Kier alpha value is -2.76. The maximum absolute atomic E-state index is 13.2. The molecule has 0 heterocycles. The summed E-state index contributed by atoms with van der Waals surface area (Å²) in [4.78, 5) is 23.1. The third kappa shape index (κ3) is 3.42. The predicted octanol–water partition coefficient (Wildman–Crippen LogP) is 3.25. The van der Waals surface area contributed by atoms with Gasteiger partial charge in [0.25, 0.3) is 5.91 Å². The molecule has 0 aromatic heterocycles. The molecule has 0 fully saturated rings. The van der Waals surface area contributed by atoms with Gasteiger partial charge in [-0.2, -0.15) is 0 Å². The molecule has 21 heavy (non-hydrogen) atoms. The number of halogens is 2. The minimum atomic E-state index is -1.33. The van der Waals surface area contributed by atoms with Crippen LogP contribution in [-0.4, -0.2) is 17.0 Å². The lowest BCUT2D eigenvalue weighted by molar-refractivity contribution is 0.0692. The van der Waals surface area contributed by atoms with E-state index in [0.29, 0.717) is 11.3 Å². The fourth-order valence-corrected chi connectivity index (χ4v) is 1.77. The number of hydrogen-bond acceptors (Lipinski definition) is 2. The first-order valence-electron chi connectivity index (χ1n) is 6.00. The molecule has 0 aliphatic heterocycles. The topological polar surface area (TPSA) is 66.4 Å². The van der Waals surface area contributed by atoms with Gasteiger partial charge in [0.1, 0.15) is 12.5 Å². The fourth-order valence-electron chi connectivity index (χ4n) is 1.77. The molecule has 0 bridgehead atoms. The van der Waals surface area contributed by atoms with Crippen LogP contribution in [0.4, 0.5) is 14.5 Å². The highest BCUT2D eigenvalue weighted by Crippen LogP contribution is 2.16. The molecule has 0 radical (unpaired) electrons. The summed E-state index contributed by atoms with van der Waals surface area (Å²) in [5.74, 6) is -2.79. The number of carboxylic acids is 1. The third-order valence-electron chi connectivity index (χ3n) is 2.82. The lowest BCUT2D eigenvalue weighted by Crippen LogP contribution is -2.16. The number of aromatic carboxylic acids is 1. The molecule has 2 aromatic rings. The first-order valence-corrected chi connectivity index (χ1v) is 6.00. The van der Waals surface area contributed by atoms with Crippen molar-refractivity contribution < 1.29 is 23.5 Å². The van der Waals surface area contributed by atoms with Crippen molar-refractivity contribution in [3.8, 4) is 0 Å². The van der Waals surface area contributed by atoms with E-state index >= 15 is 0 Å². The Bertz CT molecular complexity index is 684. The molecule has 2 aromatic carbocycles. The van der Waals surface area contributed by atoms with Gasteiger partial charge in [-0.3, -0.25) is 4.79 Å². The molecule has 2 rings (SSSR count). The van der Waals surface area contributed by atoms with Crippen LogP contribution >= 0.6 is 0 Å². The van der Waals surface area contributed by atoms with E-state index < -0.39 is 24.4 Å². The largest absolute Gasteiger partial charge is 0.478 e. The van der Waals surface area contributed by atoms with Gasteiger partial charge in [0, 0.05) is 5.69 Å². The van der Waals surface area contributed by atoms with Crippen molar-refractivity contribution in [2.24, 2.45) is 0 Å². The summed E-state index contributed by atoms with van der Waals surface area (Å²) in [6.07, 6.45) is 0. The van der Waals surface area contributed by atoms with Crippen molar-refractivity contribution in [3.05, 3.63) is 65.0 Å². The highest BCUT2D eigenvalue weighted by Gasteiger charge is 2.17. The van der Waals surface area contributed by atoms with E-state index in [1.807, 2.05) is 0 Å². The summed E-state index contributed by atoms with van der Waals surface area (Å²) >= 11 is 0. The van der Waals surface area contributed by atoms with E-state index in [9.17, 15) is 18.4 Å². The lowest BCUT2D eigenvalue weighted by Gasteiger charge is -2.08. The minimum Gasteiger partial charge on any atom is -0.478 e. The van der Waals surface area contributed by atoms with Crippen LogP contribution in [-0.2, 0) is 6.67 Å². The van der Waals surface area contributed by atoms with Gasteiger partial charge in [-0.25, -0.2) is 13.6 Å². The van der Waals surface area contributed by atoms with Crippen LogP contribution in [0.2, 0.25) is 0 Å². The van der Waals surface area contributed by atoms with Gasteiger partial charge < -0.3 is 10.4 Å². The molecular formula is C15H11F2NO3. The smallest absolute Gasteiger partial charge is 0.336 e. The minimum absolute atomic E-state index is 0.280. The van der Waals surface area contributed by atoms with Crippen molar-refractivity contribution in [2.75, 3.05) is 5.32 Å². The van der Waals surface area contributed by atoms with Crippen LogP contribution < -0.4 is 5.32 Å². The van der Waals surface area contributed by atoms with Crippen LogP contribution in [0.1, 0.15) is 26.3 Å². The van der Waals surface area contributed by atoms with Crippen LogP contribution in [0, 0.1) is 5.82 Å². The van der Waals surface area contributed by atoms with Crippen molar-refractivity contribution in [2.45, 2.75) is 6.67 Å². The molecule has 0 spiro atoms. The number of amides is 1. The summed E-state index contributed by atoms with van der Waals surface area (Å²) in [5.41, 5.74) is 0.231. The Morgan fingerprint density at radius 1 is 1.05 bits per heavy atom.